The number of carbonyl (C=O) groups is 5. The molecule has 4 heterocycles. The summed E-state index contributed by atoms with van der Waals surface area (Å²) in [6, 6.07) is 27.7. The lowest BCUT2D eigenvalue weighted by atomic mass is 9.90. The Morgan fingerprint density at radius 3 is 1.43 bits per heavy atom. The topological polar surface area (TPSA) is 300 Å². The summed E-state index contributed by atoms with van der Waals surface area (Å²) in [7, 11) is 5.44. The Morgan fingerprint density at radius 1 is 0.602 bits per heavy atom. The first-order valence-corrected chi connectivity index (χ1v) is 27.4. The maximum absolute atomic E-state index is 15.5. The van der Waals surface area contributed by atoms with Gasteiger partial charge in [0.1, 0.15) is 34.3 Å². The van der Waals surface area contributed by atoms with Crippen LogP contribution in [0.2, 0.25) is 0 Å². The van der Waals surface area contributed by atoms with Crippen LogP contribution in [0.3, 0.4) is 0 Å². The molecule has 6 aromatic carbocycles. The van der Waals surface area contributed by atoms with Crippen LogP contribution in [-0.2, 0) is 30.2 Å². The number of ether oxygens (including phenoxy) is 2. The van der Waals surface area contributed by atoms with Crippen molar-refractivity contribution in [2.24, 2.45) is 19.8 Å². The van der Waals surface area contributed by atoms with Gasteiger partial charge in [0.05, 0.1) is 31.9 Å². The molecule has 10 rings (SSSR count). The van der Waals surface area contributed by atoms with Gasteiger partial charge in [-0.2, -0.15) is 0 Å². The van der Waals surface area contributed by atoms with Crippen molar-refractivity contribution >= 4 is 41.3 Å². The monoisotopic (exact) mass is 1200 g/mol. The smallest absolute Gasteiger partial charge is 0.328 e. The number of benzene rings is 6. The van der Waals surface area contributed by atoms with Gasteiger partial charge in [0.25, 0.3) is 22.9 Å². The Labute approximate surface area is 504 Å². The highest BCUT2D eigenvalue weighted by Gasteiger charge is 2.26. The van der Waals surface area contributed by atoms with E-state index in [-0.39, 0.29) is 60.3 Å². The Bertz CT molecular complexity index is 4290. The molecule has 2 aliphatic heterocycles. The van der Waals surface area contributed by atoms with Gasteiger partial charge in [-0.05, 0) is 144 Å². The molecule has 2 fully saturated rings. The number of halogens is 2. The molecule has 458 valence electrons. The molecule has 2 aliphatic rings. The molecule has 2 saturated heterocycles. The number of nitrogens with two attached hydrogens (primary N) is 1. The lowest BCUT2D eigenvalue weighted by molar-refractivity contribution is -0.121. The first-order valence-electron chi connectivity index (χ1n) is 27.4. The first kappa shape index (κ1) is 65.2. The van der Waals surface area contributed by atoms with E-state index in [2.05, 4.69) is 36.6 Å². The first-order chi connectivity index (χ1) is 41.6. The van der Waals surface area contributed by atoms with Gasteiger partial charge in [-0.15, -0.1) is 0 Å². The van der Waals surface area contributed by atoms with Crippen LogP contribution >= 0.6 is 0 Å². The second-order valence-corrected chi connectivity index (χ2v) is 20.6. The molecule has 8 aromatic rings. The molecule has 9 N–H and O–H groups in total. The second kappa shape index (κ2) is 28.2. The molecule has 2 atom stereocenters. The summed E-state index contributed by atoms with van der Waals surface area (Å²) >= 11 is 0. The van der Waals surface area contributed by atoms with Gasteiger partial charge in [-0.3, -0.25) is 42.7 Å². The van der Waals surface area contributed by atoms with E-state index in [1.165, 1.54) is 40.4 Å². The lowest BCUT2D eigenvalue weighted by Gasteiger charge is -2.18. The molecular weight excluding hydrogens is 1130 g/mol. The molecule has 0 unspecified atom stereocenters. The minimum atomic E-state index is -0.707. The largest absolute Gasteiger partial charge is 0.496 e. The van der Waals surface area contributed by atoms with Gasteiger partial charge in [0.2, 0.25) is 11.8 Å². The number of hydrogen-bond acceptors (Lipinski definition) is 13. The summed E-state index contributed by atoms with van der Waals surface area (Å²) in [5, 5.41) is 14.0. The number of methoxy groups -OCH3 is 2. The summed E-state index contributed by atoms with van der Waals surface area (Å²) in [4.78, 5) is 112. The highest BCUT2D eigenvalue weighted by atomic mass is 19.1. The minimum absolute atomic E-state index is 0. The van der Waals surface area contributed by atoms with E-state index in [1.807, 2.05) is 76.2 Å². The molecule has 0 radical (unpaired) electrons. The maximum atomic E-state index is 15.5. The minimum Gasteiger partial charge on any atom is -0.496 e. The van der Waals surface area contributed by atoms with Crippen molar-refractivity contribution in [3.05, 3.63) is 207 Å². The predicted octanol–water partition coefficient (Wildman–Crippen LogP) is 7.11. The molecule has 0 bridgehead atoms. The zero-order chi connectivity index (χ0) is 63.0. The summed E-state index contributed by atoms with van der Waals surface area (Å²) in [5.41, 5.74) is 12.8. The number of aromatic nitrogens is 4. The van der Waals surface area contributed by atoms with Gasteiger partial charge in [-0.25, -0.2) is 18.4 Å². The van der Waals surface area contributed by atoms with Crippen molar-refractivity contribution in [2.75, 3.05) is 37.9 Å². The fourth-order valence-corrected chi connectivity index (χ4v) is 10.2. The van der Waals surface area contributed by atoms with Crippen LogP contribution in [0.4, 0.5) is 20.2 Å². The Morgan fingerprint density at radius 2 is 1.02 bits per heavy atom. The van der Waals surface area contributed by atoms with Crippen molar-refractivity contribution in [1.82, 2.24) is 35.1 Å². The fraction of sp³-hybridized carbons (Fsp3) is 0.246. The fourth-order valence-electron chi connectivity index (χ4n) is 10.2. The van der Waals surface area contributed by atoms with Crippen molar-refractivity contribution in [2.45, 2.75) is 66.6 Å². The van der Waals surface area contributed by atoms with Crippen LogP contribution < -0.4 is 64.3 Å². The summed E-state index contributed by atoms with van der Waals surface area (Å²) in [5.74, 6) is -2.01. The van der Waals surface area contributed by atoms with Crippen LogP contribution in [0.1, 0.15) is 79.2 Å². The van der Waals surface area contributed by atoms with E-state index in [1.54, 1.807) is 36.4 Å². The zero-order valence-electron chi connectivity index (χ0n) is 48.9. The number of H-pyrrole nitrogens is 2. The van der Waals surface area contributed by atoms with Gasteiger partial charge < -0.3 is 51.8 Å². The molecule has 21 nitrogen and oxygen atoms in total. The second-order valence-electron chi connectivity index (χ2n) is 20.6. The third kappa shape index (κ3) is 13.8. The summed E-state index contributed by atoms with van der Waals surface area (Å²) < 4.78 is 42.5. The number of nitrogens with zero attached hydrogens (tertiary/aromatic N) is 2. The Kier molecular flexibility index (Phi) is 20.9. The van der Waals surface area contributed by atoms with Gasteiger partial charge >= 0.3 is 11.4 Å². The van der Waals surface area contributed by atoms with Gasteiger partial charge in [0, 0.05) is 63.1 Å². The van der Waals surface area contributed by atoms with E-state index in [0.29, 0.717) is 53.1 Å². The van der Waals surface area contributed by atoms with Gasteiger partial charge in [0.15, 0.2) is 6.29 Å². The number of hydrogen-bond donors (Lipinski definition) is 8. The molecule has 88 heavy (non-hydrogen) atoms. The average molecular weight is 1200 g/mol. The van der Waals surface area contributed by atoms with E-state index in [9.17, 15) is 47.5 Å². The van der Waals surface area contributed by atoms with Crippen molar-refractivity contribution in [1.29, 1.82) is 0 Å². The average Bonchev–Trinajstić information content (AvgIpc) is 2.46. The van der Waals surface area contributed by atoms with E-state index < -0.39 is 45.9 Å². The summed E-state index contributed by atoms with van der Waals surface area (Å²) in [6.45, 7) is 9.03. The maximum Gasteiger partial charge on any atom is 0.328 e. The van der Waals surface area contributed by atoms with Crippen LogP contribution in [0.15, 0.2) is 129 Å². The lowest BCUT2D eigenvalue weighted by Crippen LogP contribution is -2.37. The molecule has 23 heteroatoms. The van der Waals surface area contributed by atoms with Crippen molar-refractivity contribution in [3.8, 4) is 56.0 Å². The standard InChI is InChI=1S/C32H32FN5O5.C28H24FN3O5.C4H8N2O.CH4/c1-17-20(19-13-25(33)23(28(14-19)43-4)15-35-27-11-12-34-30(27)40)7-5-8-21(17)22-9-6-10-26(18(22)2)37-29(39)24-16-36-32(42)38(3)31(24)41;1-15-18(17-11-23(29)22(14-33)25(12-17)37-4)7-5-8-19(15)20-9-6-10-24(16(20)2)31-26(34)21-13-30-28(36)32(3)27(21)35;5-3-1-2-6-4(3)7;/h5-10,13-14,16,27,35H,11-12,15H2,1-4H3,(H,34,40)(H,36,42)(H,37,39);5-14H,1-4H3,(H,30,36)(H,31,34);3H,1-2,5H2,(H,6,7);1H4/t27-;;3-;/m0.0./s1. The number of anilines is 2. The highest BCUT2D eigenvalue weighted by molar-refractivity contribution is 6.05. The Balaban J connectivity index is 0.000000225. The number of rotatable bonds is 14. The Hall–Kier alpha value is -10.4. The van der Waals surface area contributed by atoms with Crippen LogP contribution in [0, 0.1) is 39.3 Å². The molecule has 2 aromatic heterocycles. The number of aldehydes is 1. The number of carbonyl (C=O) groups excluding carboxylic acids is 5. The normalized spacial score (nSPS) is 14.0. The molecule has 0 aliphatic carbocycles. The quantitative estimate of drug-likeness (QED) is 0.0504. The number of amides is 4. The van der Waals surface area contributed by atoms with Crippen molar-refractivity contribution < 1.29 is 42.2 Å². The van der Waals surface area contributed by atoms with E-state index >= 15 is 4.39 Å². The van der Waals surface area contributed by atoms with Crippen LogP contribution in [0.5, 0.6) is 11.5 Å². The SMILES string of the molecule is C.COc1cc(-c2cccc(-c3cccc(NC(=O)c4c[nH]c(=O)n(C)c4=O)c3C)c2C)cc(F)c1C=O.COc1cc(-c2cccc(-c3cccc(NC(=O)c4c[nH]c(=O)n(C)c4=O)c3C)c2C)cc(F)c1CN[C@H]1CCNC1=O.N[C@H]1CCNC1=O. The number of aromatic amines is 2. The molecule has 0 spiro atoms. The third-order valence-electron chi connectivity index (χ3n) is 15.4. The van der Waals surface area contributed by atoms with E-state index in [0.717, 1.165) is 90.1 Å². The van der Waals surface area contributed by atoms with Crippen molar-refractivity contribution in [3.63, 3.8) is 0 Å². The van der Waals surface area contributed by atoms with E-state index in [4.69, 9.17) is 15.2 Å². The predicted molar refractivity (Wildman–Crippen MR) is 333 cm³/mol. The zero-order valence-corrected chi connectivity index (χ0v) is 48.9. The highest BCUT2D eigenvalue weighted by Crippen LogP contribution is 2.40. The summed E-state index contributed by atoms with van der Waals surface area (Å²) in [6.07, 6.45) is 4.05. The third-order valence-corrected chi connectivity index (χ3v) is 15.4. The van der Waals surface area contributed by atoms with Crippen LogP contribution in [0.25, 0.3) is 44.5 Å². The number of nitrogens with one attached hydrogen (secondary N) is 7. The van der Waals surface area contributed by atoms with Gasteiger partial charge in [-0.1, -0.05) is 68.1 Å². The molecule has 4 amide bonds. The molecular formula is C65H68F2N10O11. The van der Waals surface area contributed by atoms with Crippen LogP contribution in [-0.4, -0.2) is 88.4 Å². The molecule has 0 saturated carbocycles.